The van der Waals surface area contributed by atoms with E-state index < -0.39 is 40.2 Å². The molecule has 1 unspecified atom stereocenters. The number of alkyl carbamates (subject to hydrolysis) is 1. The highest BCUT2D eigenvalue weighted by atomic mass is 16.6. The van der Waals surface area contributed by atoms with Crippen LogP contribution in [0.15, 0.2) is 42.5 Å². The Morgan fingerprint density at radius 3 is 2.19 bits per heavy atom. The summed E-state index contributed by atoms with van der Waals surface area (Å²) in [5, 5.41) is 14.0. The molecule has 0 aliphatic rings. The van der Waals surface area contributed by atoms with Gasteiger partial charge in [-0.15, -0.1) is 0 Å². The van der Waals surface area contributed by atoms with E-state index in [0.717, 1.165) is 4.90 Å². The fourth-order valence-electron chi connectivity index (χ4n) is 3.08. The number of ether oxygens (including phenoxy) is 1. The van der Waals surface area contributed by atoms with Crippen LogP contribution in [-0.2, 0) is 9.53 Å². The highest BCUT2D eigenvalue weighted by molar-refractivity contribution is 6.24. The van der Waals surface area contributed by atoms with Crippen LogP contribution >= 0.6 is 0 Å². The molecule has 1 N–H and O–H groups in total. The minimum atomic E-state index is -1.14. The van der Waals surface area contributed by atoms with E-state index in [1.165, 1.54) is 19.1 Å². The molecule has 0 radical (unpaired) electrons. The summed E-state index contributed by atoms with van der Waals surface area (Å²) < 4.78 is 5.19. The SMILES string of the molecule is Cc1ccccc1N(C(=O)c1c(C)cccc1[N+](=O)[O-])C(=O)C(C)NC(=O)OC(C)(C)C. The van der Waals surface area contributed by atoms with Crippen molar-refractivity contribution in [3.63, 3.8) is 0 Å². The van der Waals surface area contributed by atoms with Crippen molar-refractivity contribution in [3.8, 4) is 0 Å². The second-order valence-corrected chi connectivity index (χ2v) is 8.36. The van der Waals surface area contributed by atoms with Crippen LogP contribution in [0.25, 0.3) is 0 Å². The Labute approximate surface area is 186 Å². The third-order valence-corrected chi connectivity index (χ3v) is 4.54. The Bertz CT molecular complexity index is 1060. The molecule has 0 aliphatic heterocycles. The topological polar surface area (TPSA) is 119 Å². The molecule has 0 bridgehead atoms. The molecular formula is C23H27N3O6. The van der Waals surface area contributed by atoms with Crippen LogP contribution in [0.1, 0.15) is 49.2 Å². The summed E-state index contributed by atoms with van der Waals surface area (Å²) >= 11 is 0. The molecule has 2 aromatic carbocycles. The summed E-state index contributed by atoms with van der Waals surface area (Å²) in [5.74, 6) is -1.61. The van der Waals surface area contributed by atoms with E-state index in [-0.39, 0.29) is 11.3 Å². The maximum atomic E-state index is 13.6. The molecule has 1 atom stereocenters. The minimum absolute atomic E-state index is 0.196. The van der Waals surface area contributed by atoms with Crippen molar-refractivity contribution in [2.24, 2.45) is 0 Å². The third kappa shape index (κ3) is 5.69. The molecule has 32 heavy (non-hydrogen) atoms. The van der Waals surface area contributed by atoms with Crippen molar-refractivity contribution < 1.29 is 24.0 Å². The molecule has 170 valence electrons. The van der Waals surface area contributed by atoms with Gasteiger partial charge in [0.05, 0.1) is 10.6 Å². The summed E-state index contributed by atoms with van der Waals surface area (Å²) in [6.07, 6.45) is -0.822. The van der Waals surface area contributed by atoms with Crippen LogP contribution < -0.4 is 10.2 Å². The van der Waals surface area contributed by atoms with Gasteiger partial charge in [0.25, 0.3) is 17.5 Å². The van der Waals surface area contributed by atoms with Crippen LogP contribution in [0.2, 0.25) is 0 Å². The van der Waals surface area contributed by atoms with Crippen LogP contribution in [0.3, 0.4) is 0 Å². The largest absolute Gasteiger partial charge is 0.444 e. The van der Waals surface area contributed by atoms with E-state index in [9.17, 15) is 24.5 Å². The predicted octanol–water partition coefficient (Wildman–Crippen LogP) is 4.30. The maximum absolute atomic E-state index is 13.6. The first-order chi connectivity index (χ1) is 14.8. The number of nitro groups is 1. The summed E-state index contributed by atoms with van der Waals surface area (Å²) in [7, 11) is 0. The fourth-order valence-corrected chi connectivity index (χ4v) is 3.08. The molecule has 0 aromatic heterocycles. The van der Waals surface area contributed by atoms with Gasteiger partial charge < -0.3 is 10.1 Å². The smallest absolute Gasteiger partial charge is 0.408 e. The second-order valence-electron chi connectivity index (χ2n) is 8.36. The minimum Gasteiger partial charge on any atom is -0.444 e. The van der Waals surface area contributed by atoms with E-state index >= 15 is 0 Å². The Morgan fingerprint density at radius 2 is 1.62 bits per heavy atom. The van der Waals surface area contributed by atoms with Gasteiger partial charge in [0.15, 0.2) is 0 Å². The number of amides is 3. The van der Waals surface area contributed by atoms with E-state index in [4.69, 9.17) is 4.74 Å². The highest BCUT2D eigenvalue weighted by Gasteiger charge is 2.35. The second kappa shape index (κ2) is 9.59. The van der Waals surface area contributed by atoms with E-state index in [1.807, 2.05) is 0 Å². The van der Waals surface area contributed by atoms with E-state index in [1.54, 1.807) is 65.0 Å². The molecule has 9 nitrogen and oxygen atoms in total. The van der Waals surface area contributed by atoms with Crippen LogP contribution in [0.5, 0.6) is 0 Å². The molecule has 0 saturated heterocycles. The predicted molar refractivity (Wildman–Crippen MR) is 120 cm³/mol. The Balaban J connectivity index is 2.53. The first kappa shape index (κ1) is 24.5. The quantitative estimate of drug-likeness (QED) is 0.546. The number of aryl methyl sites for hydroxylation is 2. The lowest BCUT2D eigenvalue weighted by atomic mass is 10.0. The van der Waals surface area contributed by atoms with E-state index in [0.29, 0.717) is 11.1 Å². The number of imide groups is 1. The zero-order chi connectivity index (χ0) is 24.2. The van der Waals surface area contributed by atoms with Gasteiger partial charge in [-0.3, -0.25) is 19.7 Å². The van der Waals surface area contributed by atoms with Gasteiger partial charge in [-0.2, -0.15) is 0 Å². The number of hydrogen-bond donors (Lipinski definition) is 1. The number of benzene rings is 2. The van der Waals surface area contributed by atoms with Gasteiger partial charge in [0.2, 0.25) is 0 Å². The number of nitro benzene ring substituents is 1. The van der Waals surface area contributed by atoms with Gasteiger partial charge in [-0.1, -0.05) is 30.3 Å². The third-order valence-electron chi connectivity index (χ3n) is 4.54. The van der Waals surface area contributed by atoms with Gasteiger partial charge in [0, 0.05) is 6.07 Å². The highest BCUT2D eigenvalue weighted by Crippen LogP contribution is 2.28. The molecule has 0 fully saturated rings. The van der Waals surface area contributed by atoms with Gasteiger partial charge in [-0.05, 0) is 58.7 Å². The molecule has 0 heterocycles. The monoisotopic (exact) mass is 441 g/mol. The summed E-state index contributed by atoms with van der Waals surface area (Å²) in [6.45, 7) is 9.72. The number of para-hydroxylation sites is 1. The van der Waals surface area contributed by atoms with Crippen molar-refractivity contribution in [2.75, 3.05) is 4.90 Å². The van der Waals surface area contributed by atoms with Crippen molar-refractivity contribution >= 4 is 29.3 Å². The summed E-state index contributed by atoms with van der Waals surface area (Å²) in [4.78, 5) is 50.9. The van der Waals surface area contributed by atoms with Crippen LogP contribution in [0, 0.1) is 24.0 Å². The molecule has 3 amide bonds. The molecular weight excluding hydrogens is 414 g/mol. The van der Waals surface area contributed by atoms with Crippen LogP contribution in [-0.4, -0.2) is 34.5 Å². The van der Waals surface area contributed by atoms with Gasteiger partial charge in [-0.25, -0.2) is 9.69 Å². The van der Waals surface area contributed by atoms with Crippen molar-refractivity contribution in [1.82, 2.24) is 5.32 Å². The molecule has 2 aromatic rings. The van der Waals surface area contributed by atoms with Crippen LogP contribution in [0.4, 0.5) is 16.2 Å². The zero-order valence-electron chi connectivity index (χ0n) is 19.0. The Hall–Kier alpha value is -3.75. The Kier molecular flexibility index (Phi) is 7.35. The Morgan fingerprint density at radius 1 is 1.03 bits per heavy atom. The first-order valence-corrected chi connectivity index (χ1v) is 10.0. The maximum Gasteiger partial charge on any atom is 0.408 e. The zero-order valence-corrected chi connectivity index (χ0v) is 19.0. The number of anilines is 1. The lowest BCUT2D eigenvalue weighted by molar-refractivity contribution is -0.385. The fraction of sp³-hybridized carbons (Fsp3) is 0.348. The number of hydrogen-bond acceptors (Lipinski definition) is 6. The van der Waals surface area contributed by atoms with Gasteiger partial charge in [0.1, 0.15) is 17.2 Å². The number of carbonyl (C=O) groups excluding carboxylic acids is 3. The standard InChI is InChI=1S/C23H27N3O6/c1-14-10-7-8-12-17(14)25(20(27)16(3)24-22(29)32-23(4,5)6)21(28)19-15(2)11-9-13-18(19)26(30)31/h7-13,16H,1-6H3,(H,24,29). The summed E-state index contributed by atoms with van der Waals surface area (Å²) in [6, 6.07) is 9.76. The molecule has 0 spiro atoms. The number of carbonyl (C=O) groups is 3. The molecule has 0 saturated carbocycles. The van der Waals surface area contributed by atoms with Gasteiger partial charge >= 0.3 is 6.09 Å². The average Bonchev–Trinajstić information content (AvgIpc) is 2.67. The summed E-state index contributed by atoms with van der Waals surface area (Å²) in [5.41, 5.74) is -0.163. The number of nitrogens with one attached hydrogen (secondary N) is 1. The molecule has 2 rings (SSSR count). The molecule has 0 aliphatic carbocycles. The normalized spacial score (nSPS) is 11.9. The average molecular weight is 441 g/mol. The first-order valence-electron chi connectivity index (χ1n) is 10.0. The van der Waals surface area contributed by atoms with Crippen molar-refractivity contribution in [1.29, 1.82) is 0 Å². The molecule has 9 heteroatoms. The van der Waals surface area contributed by atoms with Crippen molar-refractivity contribution in [2.45, 2.75) is 53.2 Å². The van der Waals surface area contributed by atoms with E-state index in [2.05, 4.69) is 5.32 Å². The van der Waals surface area contributed by atoms with Crippen molar-refractivity contribution in [3.05, 3.63) is 69.3 Å². The lowest BCUT2D eigenvalue weighted by Crippen LogP contribution is -2.50. The number of nitrogens with zero attached hydrogens (tertiary/aromatic N) is 2. The lowest BCUT2D eigenvalue weighted by Gasteiger charge is -2.27. The number of rotatable bonds is 5.